The topological polar surface area (TPSA) is 47.9 Å². The molecule has 0 amide bonds. The number of carbonyl (C=O) groups excluding carboxylic acids is 1. The summed E-state index contributed by atoms with van der Waals surface area (Å²) in [6, 6.07) is 11.3. The molecular formula is C18H13ClFNO3. The van der Waals surface area contributed by atoms with Gasteiger partial charge in [0.1, 0.15) is 18.2 Å². The first-order valence-corrected chi connectivity index (χ1v) is 7.55. The number of carbonyl (C=O) groups is 1. The van der Waals surface area contributed by atoms with Gasteiger partial charge >= 0.3 is 5.97 Å². The van der Waals surface area contributed by atoms with E-state index < -0.39 is 5.97 Å². The molecule has 0 spiro atoms. The zero-order chi connectivity index (χ0) is 17.1. The van der Waals surface area contributed by atoms with Gasteiger partial charge in [0, 0.05) is 0 Å². The van der Waals surface area contributed by atoms with Crippen molar-refractivity contribution >= 4 is 29.4 Å². The van der Waals surface area contributed by atoms with Gasteiger partial charge in [0.25, 0.3) is 0 Å². The van der Waals surface area contributed by atoms with Gasteiger partial charge in [0.05, 0.1) is 16.3 Å². The maximum Gasteiger partial charge on any atom is 0.367 e. The minimum Gasteiger partial charge on any atom is -0.487 e. The van der Waals surface area contributed by atoms with Gasteiger partial charge in [0.15, 0.2) is 0 Å². The van der Waals surface area contributed by atoms with Gasteiger partial charge in [-0.25, -0.2) is 9.18 Å². The summed E-state index contributed by atoms with van der Waals surface area (Å²) >= 11 is 6.21. The third-order valence-corrected chi connectivity index (χ3v) is 3.72. The van der Waals surface area contributed by atoms with Crippen molar-refractivity contribution in [3.63, 3.8) is 0 Å². The van der Waals surface area contributed by atoms with E-state index in [1.807, 2.05) is 0 Å². The Hall–Kier alpha value is -2.66. The molecule has 0 unspecified atom stereocenters. The van der Waals surface area contributed by atoms with Crippen molar-refractivity contribution in [3.05, 3.63) is 70.0 Å². The molecule has 1 aliphatic rings. The minimum atomic E-state index is -0.491. The highest BCUT2D eigenvalue weighted by Gasteiger charge is 2.21. The van der Waals surface area contributed by atoms with Crippen LogP contribution < -0.4 is 4.74 Å². The maximum atomic E-state index is 13.1. The molecule has 122 valence electrons. The van der Waals surface area contributed by atoms with Crippen molar-refractivity contribution in [2.45, 2.75) is 13.5 Å². The van der Waals surface area contributed by atoms with Gasteiger partial charge < -0.3 is 9.57 Å². The molecule has 2 aromatic carbocycles. The first-order chi connectivity index (χ1) is 11.5. The average Bonchev–Trinajstić information content (AvgIpc) is 2.86. The Balaban J connectivity index is 1.74. The Morgan fingerprint density at radius 2 is 2.12 bits per heavy atom. The van der Waals surface area contributed by atoms with E-state index in [1.54, 1.807) is 43.3 Å². The van der Waals surface area contributed by atoms with Gasteiger partial charge in [-0.05, 0) is 48.4 Å². The molecule has 0 fully saturated rings. The number of oxime groups is 1. The second kappa shape index (κ2) is 6.84. The van der Waals surface area contributed by atoms with Crippen LogP contribution in [-0.4, -0.2) is 11.7 Å². The van der Waals surface area contributed by atoms with Gasteiger partial charge in [0.2, 0.25) is 0 Å². The Labute approximate surface area is 143 Å². The van der Waals surface area contributed by atoms with E-state index in [0.29, 0.717) is 27.6 Å². The summed E-state index contributed by atoms with van der Waals surface area (Å²) in [5, 5.41) is 4.01. The zero-order valence-electron chi connectivity index (χ0n) is 12.8. The van der Waals surface area contributed by atoms with Gasteiger partial charge in [-0.1, -0.05) is 35.0 Å². The van der Waals surface area contributed by atoms with E-state index in [9.17, 15) is 9.18 Å². The number of rotatable bonds is 4. The molecule has 0 radical (unpaired) electrons. The normalized spacial score (nSPS) is 15.4. The highest BCUT2D eigenvalue weighted by molar-refractivity contribution is 6.32. The number of hydrogen-bond donors (Lipinski definition) is 0. The lowest BCUT2D eigenvalue weighted by Crippen LogP contribution is -2.01. The monoisotopic (exact) mass is 345 g/mol. The summed E-state index contributed by atoms with van der Waals surface area (Å²) in [5.41, 5.74) is 2.33. The van der Waals surface area contributed by atoms with E-state index in [-0.39, 0.29) is 12.4 Å². The van der Waals surface area contributed by atoms with Crippen molar-refractivity contribution in [2.75, 3.05) is 0 Å². The molecule has 0 atom stereocenters. The van der Waals surface area contributed by atoms with Crippen LogP contribution in [0, 0.1) is 5.82 Å². The molecule has 0 bridgehead atoms. The van der Waals surface area contributed by atoms with E-state index in [4.69, 9.17) is 16.3 Å². The van der Waals surface area contributed by atoms with Gasteiger partial charge in [-0.2, -0.15) is 0 Å². The average molecular weight is 346 g/mol. The lowest BCUT2D eigenvalue weighted by Gasteiger charge is -2.09. The molecule has 0 aliphatic carbocycles. The Morgan fingerprint density at radius 3 is 2.79 bits per heavy atom. The molecule has 2 aromatic rings. The van der Waals surface area contributed by atoms with Crippen molar-refractivity contribution < 1.29 is 18.8 Å². The smallest absolute Gasteiger partial charge is 0.367 e. The van der Waals surface area contributed by atoms with Crippen LogP contribution >= 0.6 is 11.6 Å². The molecular weight excluding hydrogens is 333 g/mol. The lowest BCUT2D eigenvalue weighted by molar-refractivity contribution is -0.136. The second-order valence-electron chi connectivity index (χ2n) is 5.22. The third-order valence-electron chi connectivity index (χ3n) is 3.43. The SMILES string of the molecule is CC1=NOC(=O)C1=Cc1ccc(OCc2cccc(F)c2)c(Cl)c1. The fourth-order valence-corrected chi connectivity index (χ4v) is 2.44. The second-order valence-corrected chi connectivity index (χ2v) is 5.63. The third kappa shape index (κ3) is 3.63. The predicted octanol–water partition coefficient (Wildman–Crippen LogP) is 4.37. The van der Waals surface area contributed by atoms with Crippen molar-refractivity contribution in [2.24, 2.45) is 5.16 Å². The van der Waals surface area contributed by atoms with E-state index >= 15 is 0 Å². The minimum absolute atomic E-state index is 0.204. The number of ether oxygens (including phenoxy) is 1. The number of hydrogen-bond acceptors (Lipinski definition) is 4. The van der Waals surface area contributed by atoms with Gasteiger partial charge in [-0.15, -0.1) is 0 Å². The van der Waals surface area contributed by atoms with E-state index in [0.717, 1.165) is 5.56 Å². The standard InChI is InChI=1S/C18H13ClFNO3/c1-11-15(18(22)24-21-11)8-12-5-6-17(16(19)9-12)23-10-13-3-2-4-14(20)7-13/h2-9H,10H2,1H3. The highest BCUT2D eigenvalue weighted by Crippen LogP contribution is 2.28. The molecule has 0 saturated carbocycles. The molecule has 24 heavy (non-hydrogen) atoms. The molecule has 0 saturated heterocycles. The first kappa shape index (κ1) is 16.2. The predicted molar refractivity (Wildman–Crippen MR) is 89.4 cm³/mol. The molecule has 6 heteroatoms. The molecule has 3 rings (SSSR count). The van der Waals surface area contributed by atoms with Crippen LogP contribution in [0.4, 0.5) is 4.39 Å². The quantitative estimate of drug-likeness (QED) is 0.610. The fourth-order valence-electron chi connectivity index (χ4n) is 2.20. The summed E-state index contributed by atoms with van der Waals surface area (Å²) in [4.78, 5) is 16.1. The summed E-state index contributed by atoms with van der Waals surface area (Å²) < 4.78 is 18.8. The summed E-state index contributed by atoms with van der Waals surface area (Å²) in [6.45, 7) is 1.89. The van der Waals surface area contributed by atoms with Crippen LogP contribution in [0.2, 0.25) is 5.02 Å². The molecule has 1 aliphatic heterocycles. The van der Waals surface area contributed by atoms with E-state index in [1.165, 1.54) is 12.1 Å². The lowest BCUT2D eigenvalue weighted by atomic mass is 10.1. The van der Waals surface area contributed by atoms with Crippen LogP contribution in [0.5, 0.6) is 5.75 Å². The number of benzene rings is 2. The first-order valence-electron chi connectivity index (χ1n) is 7.18. The number of nitrogens with zero attached hydrogens (tertiary/aromatic N) is 1. The van der Waals surface area contributed by atoms with E-state index in [2.05, 4.69) is 9.99 Å². The molecule has 0 aromatic heterocycles. The van der Waals surface area contributed by atoms with Crippen molar-refractivity contribution in [1.82, 2.24) is 0 Å². The maximum absolute atomic E-state index is 13.1. The Bertz CT molecular complexity index is 861. The van der Waals surface area contributed by atoms with Crippen LogP contribution in [0.25, 0.3) is 6.08 Å². The summed E-state index contributed by atoms with van der Waals surface area (Å²) in [6.07, 6.45) is 1.65. The largest absolute Gasteiger partial charge is 0.487 e. The summed E-state index contributed by atoms with van der Waals surface area (Å²) in [5.74, 6) is -0.331. The molecule has 0 N–H and O–H groups in total. The zero-order valence-corrected chi connectivity index (χ0v) is 13.5. The fraction of sp³-hybridized carbons (Fsp3) is 0.111. The van der Waals surface area contributed by atoms with Crippen LogP contribution in [-0.2, 0) is 16.2 Å². The van der Waals surface area contributed by atoms with Crippen LogP contribution in [0.3, 0.4) is 0 Å². The van der Waals surface area contributed by atoms with Crippen molar-refractivity contribution in [1.29, 1.82) is 0 Å². The Morgan fingerprint density at radius 1 is 1.29 bits per heavy atom. The number of halogens is 2. The van der Waals surface area contributed by atoms with Crippen LogP contribution in [0.1, 0.15) is 18.1 Å². The Kier molecular flexibility index (Phi) is 4.62. The molecule has 4 nitrogen and oxygen atoms in total. The van der Waals surface area contributed by atoms with Gasteiger partial charge in [-0.3, -0.25) is 0 Å². The van der Waals surface area contributed by atoms with Crippen LogP contribution in [0.15, 0.2) is 53.2 Å². The molecule has 1 heterocycles. The highest BCUT2D eigenvalue weighted by atomic mass is 35.5. The van der Waals surface area contributed by atoms with Crippen molar-refractivity contribution in [3.8, 4) is 5.75 Å². The summed E-state index contributed by atoms with van der Waals surface area (Å²) in [7, 11) is 0.